The number of nitrogens with two attached hydrogens (primary N) is 1. The van der Waals surface area contributed by atoms with Gasteiger partial charge in [-0.25, -0.2) is 18.2 Å². The van der Waals surface area contributed by atoms with E-state index in [9.17, 15) is 13.6 Å². The van der Waals surface area contributed by atoms with Crippen LogP contribution < -0.4 is 15.4 Å². The molecule has 4 fully saturated rings. The maximum atomic E-state index is 17.0. The first-order valence-corrected chi connectivity index (χ1v) is 17.1. The number of alkyl halides is 1. The second-order valence-electron chi connectivity index (χ2n) is 13.1. The topological polar surface area (TPSA) is 110 Å². The number of piperazine rings is 1. The monoisotopic (exact) mass is 699 g/mol. The summed E-state index contributed by atoms with van der Waals surface area (Å²) in [5.74, 6) is -1.08. The number of anilines is 2. The lowest BCUT2D eigenvalue weighted by atomic mass is 9.92. The normalized spacial score (nSPS) is 25.9. The van der Waals surface area contributed by atoms with Gasteiger partial charge in [0.25, 0.3) is 0 Å². The molecule has 252 valence electrons. The number of fused-ring (bicyclic) bond motifs is 3. The Morgan fingerprint density at radius 2 is 2.06 bits per heavy atom. The van der Waals surface area contributed by atoms with E-state index in [0.29, 0.717) is 63.4 Å². The molecule has 2 aromatic carbocycles. The van der Waals surface area contributed by atoms with E-state index >= 15 is 4.39 Å². The van der Waals surface area contributed by atoms with Gasteiger partial charge in [-0.15, -0.1) is 0 Å². The van der Waals surface area contributed by atoms with E-state index in [1.165, 1.54) is 18.2 Å². The van der Waals surface area contributed by atoms with Crippen LogP contribution in [0.15, 0.2) is 30.9 Å². The second-order valence-corrected chi connectivity index (χ2v) is 14.5. The highest BCUT2D eigenvalue weighted by molar-refractivity contribution is 7.22. The van der Waals surface area contributed by atoms with Crippen LogP contribution in [-0.2, 0) is 9.53 Å². The number of hydrogen-bond donors (Lipinski definition) is 1. The highest BCUT2D eigenvalue weighted by atomic mass is 35.5. The summed E-state index contributed by atoms with van der Waals surface area (Å²) in [6, 6.07) is 4.19. The summed E-state index contributed by atoms with van der Waals surface area (Å²) in [5, 5.41) is 0.529. The number of hydrogen-bond acceptors (Lipinski definition) is 10. The Morgan fingerprint density at radius 1 is 1.21 bits per heavy atom. The molecule has 48 heavy (non-hydrogen) atoms. The first-order chi connectivity index (χ1) is 23.1. The molecule has 3 atom stereocenters. The van der Waals surface area contributed by atoms with Crippen LogP contribution in [0.4, 0.5) is 24.1 Å². The number of carbonyl (C=O) groups excluding carboxylic acids is 1. The molecule has 1 unspecified atom stereocenters. The molecule has 4 aliphatic heterocycles. The van der Waals surface area contributed by atoms with E-state index < -0.39 is 28.9 Å². The van der Waals surface area contributed by atoms with Gasteiger partial charge in [-0.1, -0.05) is 29.5 Å². The number of carbonyl (C=O) groups is 1. The fraction of sp³-hybridized carbons (Fsp3) is 0.455. The molecule has 0 bridgehead atoms. The van der Waals surface area contributed by atoms with Gasteiger partial charge < -0.3 is 25.0 Å². The van der Waals surface area contributed by atoms with Crippen LogP contribution in [0.3, 0.4) is 0 Å². The molecule has 6 heterocycles. The smallest absolute Gasteiger partial charge is 0.319 e. The van der Waals surface area contributed by atoms with Crippen LogP contribution in [0.2, 0.25) is 5.02 Å². The number of nitrogen functional groups attached to an aromatic ring is 1. The van der Waals surface area contributed by atoms with E-state index in [-0.39, 0.29) is 55.5 Å². The van der Waals surface area contributed by atoms with E-state index in [1.807, 2.05) is 4.90 Å². The molecule has 15 heteroatoms. The van der Waals surface area contributed by atoms with Crippen molar-refractivity contribution >= 4 is 60.9 Å². The number of benzene rings is 2. The Labute approximate surface area is 283 Å². The number of thiazole rings is 1. The lowest BCUT2D eigenvalue weighted by molar-refractivity contribution is -0.133. The Bertz CT molecular complexity index is 1970. The average Bonchev–Trinajstić information content (AvgIpc) is 3.84. The quantitative estimate of drug-likeness (QED) is 0.266. The molecule has 4 aliphatic rings. The minimum absolute atomic E-state index is 0.00578. The number of amides is 1. The third kappa shape index (κ3) is 4.98. The lowest BCUT2D eigenvalue weighted by Gasteiger charge is -2.48. The van der Waals surface area contributed by atoms with E-state index in [1.54, 1.807) is 11.0 Å². The third-order valence-electron chi connectivity index (χ3n) is 10.3. The Hall–Kier alpha value is -3.72. The Kier molecular flexibility index (Phi) is 7.70. The number of halogens is 4. The molecule has 4 saturated heterocycles. The summed E-state index contributed by atoms with van der Waals surface area (Å²) in [4.78, 5) is 32.5. The van der Waals surface area contributed by atoms with E-state index in [2.05, 4.69) is 21.4 Å². The minimum Gasteiger partial charge on any atom is -0.461 e. The summed E-state index contributed by atoms with van der Waals surface area (Å²) in [6.45, 7) is 6.88. The van der Waals surface area contributed by atoms with Gasteiger partial charge in [-0.3, -0.25) is 9.69 Å². The van der Waals surface area contributed by atoms with Crippen LogP contribution >= 0.6 is 22.9 Å². The van der Waals surface area contributed by atoms with Crippen LogP contribution in [-0.4, -0.2) is 100 Å². The minimum atomic E-state index is -0.948. The number of ether oxygens (including phenoxy) is 2. The molecule has 2 N–H and O–H groups in total. The van der Waals surface area contributed by atoms with Gasteiger partial charge in [0.2, 0.25) is 5.91 Å². The SMILES string of the molecule is C=CC(=O)N1CCN(c2nc(OC[C@@]34CCCN3C[C@H](F)C4)nc3c(F)c(-c4ccc(F)c5sc(N)nc45)c(Cl)cc23)CC12CCOC2. The van der Waals surface area contributed by atoms with Crippen molar-refractivity contribution in [2.24, 2.45) is 0 Å². The van der Waals surface area contributed by atoms with Crippen LogP contribution in [0.5, 0.6) is 6.01 Å². The highest BCUT2D eigenvalue weighted by Crippen LogP contribution is 2.44. The highest BCUT2D eigenvalue weighted by Gasteiger charge is 2.50. The van der Waals surface area contributed by atoms with E-state index in [4.69, 9.17) is 31.8 Å². The predicted molar refractivity (Wildman–Crippen MR) is 178 cm³/mol. The van der Waals surface area contributed by atoms with Crippen molar-refractivity contribution < 1.29 is 27.4 Å². The van der Waals surface area contributed by atoms with E-state index in [0.717, 1.165) is 30.7 Å². The Balaban J connectivity index is 1.26. The van der Waals surface area contributed by atoms with Crippen LogP contribution in [0.1, 0.15) is 25.7 Å². The van der Waals surface area contributed by atoms with Gasteiger partial charge in [-0.2, -0.15) is 9.97 Å². The summed E-state index contributed by atoms with van der Waals surface area (Å²) in [6.07, 6.45) is 3.02. The van der Waals surface area contributed by atoms with Gasteiger partial charge >= 0.3 is 6.01 Å². The van der Waals surface area contributed by atoms with Crippen molar-refractivity contribution in [3.8, 4) is 17.1 Å². The van der Waals surface area contributed by atoms with Crippen molar-refractivity contribution in [1.82, 2.24) is 24.8 Å². The molecule has 1 spiro atoms. The van der Waals surface area contributed by atoms with Crippen LogP contribution in [0.25, 0.3) is 32.2 Å². The van der Waals surface area contributed by atoms with Gasteiger partial charge in [0.15, 0.2) is 10.9 Å². The zero-order chi connectivity index (χ0) is 33.4. The summed E-state index contributed by atoms with van der Waals surface area (Å²) < 4.78 is 58.4. The second kappa shape index (κ2) is 11.7. The van der Waals surface area contributed by atoms with Gasteiger partial charge in [0, 0.05) is 55.7 Å². The first kappa shape index (κ1) is 31.5. The number of nitrogens with zero attached hydrogens (tertiary/aromatic N) is 6. The standard InChI is InChI=1S/C33H33ClF3N7O3S/c1-2-23(45)44-10-9-42(15-33(44)7-11-46-16-33)29-20-12-21(34)24(19-4-5-22(36)28-27(19)39-30(38)48-28)25(37)26(20)40-31(41-29)47-17-32-6-3-8-43(32)14-18(35)13-32/h2,4-5,12,18H,1,3,6-11,13-17H2,(H2,38,39)/t18-,32+,33?/m1/s1. The van der Waals surface area contributed by atoms with Crippen molar-refractivity contribution in [1.29, 1.82) is 0 Å². The summed E-state index contributed by atoms with van der Waals surface area (Å²) >= 11 is 7.81. The number of rotatable bonds is 6. The molecule has 10 nitrogen and oxygen atoms in total. The Morgan fingerprint density at radius 3 is 2.85 bits per heavy atom. The molecular formula is C33H33ClF3N7O3S. The largest absolute Gasteiger partial charge is 0.461 e. The van der Waals surface area contributed by atoms with Crippen molar-refractivity contribution in [2.75, 3.05) is 63.2 Å². The summed E-state index contributed by atoms with van der Waals surface area (Å²) in [7, 11) is 0. The lowest BCUT2D eigenvalue weighted by Crippen LogP contribution is -2.64. The zero-order valence-corrected chi connectivity index (χ0v) is 27.6. The molecular weight excluding hydrogens is 667 g/mol. The molecule has 1 amide bonds. The predicted octanol–water partition coefficient (Wildman–Crippen LogP) is 5.37. The number of aromatic nitrogens is 3. The summed E-state index contributed by atoms with van der Waals surface area (Å²) in [5.41, 5.74) is 5.20. The van der Waals surface area contributed by atoms with Crippen molar-refractivity contribution in [3.63, 3.8) is 0 Å². The van der Waals surface area contributed by atoms with Crippen molar-refractivity contribution in [2.45, 2.75) is 42.9 Å². The van der Waals surface area contributed by atoms with Crippen LogP contribution in [0, 0.1) is 11.6 Å². The zero-order valence-electron chi connectivity index (χ0n) is 26.0. The van der Waals surface area contributed by atoms with Gasteiger partial charge in [-0.05, 0) is 50.1 Å². The fourth-order valence-electron chi connectivity index (χ4n) is 8.10. The maximum absolute atomic E-state index is 17.0. The average molecular weight is 700 g/mol. The molecule has 0 radical (unpaired) electrons. The first-order valence-electron chi connectivity index (χ1n) is 15.9. The van der Waals surface area contributed by atoms with Gasteiger partial charge in [0.05, 0.1) is 32.9 Å². The molecule has 4 aromatic rings. The fourth-order valence-corrected chi connectivity index (χ4v) is 9.16. The van der Waals surface area contributed by atoms with Gasteiger partial charge in [0.1, 0.15) is 29.9 Å². The van der Waals surface area contributed by atoms with Crippen molar-refractivity contribution in [3.05, 3.63) is 47.5 Å². The molecule has 2 aromatic heterocycles. The molecule has 0 saturated carbocycles. The third-order valence-corrected chi connectivity index (χ3v) is 11.5. The maximum Gasteiger partial charge on any atom is 0.319 e. The molecule has 8 rings (SSSR count). The molecule has 0 aliphatic carbocycles.